The monoisotopic (exact) mass is 479 g/mol. The highest BCUT2D eigenvalue weighted by Gasteiger charge is 2.16. The highest BCUT2D eigenvalue weighted by atomic mass is 16.5. The van der Waals surface area contributed by atoms with Gasteiger partial charge in [-0.2, -0.15) is 9.59 Å². The Hall–Kier alpha value is -3.90. The minimum Gasteiger partial charge on any atom is -0.496 e. The number of carbonyl (C=O) groups is 1. The number of nitrogens with one attached hydrogen (secondary N) is 1. The van der Waals surface area contributed by atoms with Gasteiger partial charge in [0.15, 0.2) is 0 Å². The van der Waals surface area contributed by atoms with Crippen LogP contribution in [0.15, 0.2) is 42.5 Å². The number of fused-ring (bicyclic) bond motifs is 1. The summed E-state index contributed by atoms with van der Waals surface area (Å²) in [7, 11) is 1.64. The molecule has 8 heteroatoms. The van der Waals surface area contributed by atoms with Crippen LogP contribution in [0.4, 0.5) is 5.69 Å². The van der Waals surface area contributed by atoms with Crippen molar-refractivity contribution in [2.75, 3.05) is 19.5 Å². The van der Waals surface area contributed by atoms with E-state index in [0.717, 1.165) is 53.6 Å². The maximum Gasteiger partial charge on any atom is 0.373 e. The lowest BCUT2D eigenvalue weighted by Crippen LogP contribution is -2.38. The number of methoxy groups -OCH3 is 1. The Morgan fingerprint density at radius 3 is 2.54 bits per heavy atom. The number of ether oxygens (including phenoxy) is 2. The van der Waals surface area contributed by atoms with E-state index in [9.17, 15) is 4.79 Å². The van der Waals surface area contributed by atoms with E-state index in [1.165, 1.54) is 0 Å². The van der Waals surface area contributed by atoms with Gasteiger partial charge in [-0.15, -0.1) is 0 Å². The second kappa shape index (κ2) is 13.7. The molecule has 0 radical (unpaired) electrons. The SMILES string of the molecule is CCCCc1ccc(C(=O)NC(CC)COc2cccc3nc(C)cc(N)c23)cc1OC.O=C=O. The summed E-state index contributed by atoms with van der Waals surface area (Å²) in [6.07, 6.45) is 4.12. The molecule has 0 saturated carbocycles. The third-order valence-corrected chi connectivity index (χ3v) is 5.57. The number of carbonyl (C=O) groups excluding carboxylic acids is 3. The van der Waals surface area contributed by atoms with Crippen LogP contribution in [0.2, 0.25) is 0 Å². The zero-order valence-corrected chi connectivity index (χ0v) is 20.7. The second-order valence-corrected chi connectivity index (χ2v) is 8.11. The summed E-state index contributed by atoms with van der Waals surface area (Å²) in [4.78, 5) is 33.7. The number of hydrogen-bond donors (Lipinski definition) is 2. The molecule has 2 aromatic carbocycles. The van der Waals surface area contributed by atoms with Crippen LogP contribution in [0.25, 0.3) is 10.9 Å². The molecule has 1 unspecified atom stereocenters. The maximum atomic E-state index is 12.9. The van der Waals surface area contributed by atoms with Crippen molar-refractivity contribution in [2.24, 2.45) is 0 Å². The van der Waals surface area contributed by atoms with E-state index in [1.54, 1.807) is 7.11 Å². The topological polar surface area (TPSA) is 121 Å². The van der Waals surface area contributed by atoms with Crippen LogP contribution < -0.4 is 20.5 Å². The summed E-state index contributed by atoms with van der Waals surface area (Å²) in [6.45, 7) is 6.42. The number of nitrogen functional groups attached to an aromatic ring is 1. The van der Waals surface area contributed by atoms with E-state index in [0.29, 0.717) is 23.6 Å². The molecule has 0 fully saturated rings. The number of benzene rings is 2. The molecule has 3 rings (SSSR count). The van der Waals surface area contributed by atoms with Crippen LogP contribution in [0, 0.1) is 6.92 Å². The highest BCUT2D eigenvalue weighted by Crippen LogP contribution is 2.30. The molecule has 1 atom stereocenters. The summed E-state index contributed by atoms with van der Waals surface area (Å²) < 4.78 is 11.6. The molecule has 1 amide bonds. The normalized spacial score (nSPS) is 11.1. The molecule has 0 aliphatic rings. The van der Waals surface area contributed by atoms with Crippen molar-refractivity contribution < 1.29 is 23.9 Å². The zero-order valence-electron chi connectivity index (χ0n) is 20.7. The Morgan fingerprint density at radius 2 is 1.89 bits per heavy atom. The number of hydrogen-bond acceptors (Lipinski definition) is 7. The molecule has 8 nitrogen and oxygen atoms in total. The number of aromatic nitrogens is 1. The van der Waals surface area contributed by atoms with Gasteiger partial charge in [0.25, 0.3) is 5.91 Å². The average molecular weight is 480 g/mol. The first-order valence-corrected chi connectivity index (χ1v) is 11.6. The van der Waals surface area contributed by atoms with Crippen LogP contribution in [0.3, 0.4) is 0 Å². The average Bonchev–Trinajstić information content (AvgIpc) is 2.85. The lowest BCUT2D eigenvalue weighted by atomic mass is 10.0. The Morgan fingerprint density at radius 1 is 1.14 bits per heavy atom. The standard InChI is InChI=1S/C26H33N3O3.CO2/c1-5-7-9-18-12-13-19(15-24(18)31-4)26(30)29-20(6-2)16-32-23-11-8-10-22-25(23)21(27)14-17(3)28-22;2-1-3/h8,10-15,20H,5-7,9,16H2,1-4H3,(H2,27,28)(H,29,30);. The van der Waals surface area contributed by atoms with Crippen molar-refractivity contribution in [3.63, 3.8) is 0 Å². The van der Waals surface area contributed by atoms with Crippen molar-refractivity contribution in [1.29, 1.82) is 0 Å². The smallest absolute Gasteiger partial charge is 0.373 e. The quantitative estimate of drug-likeness (QED) is 0.440. The molecular formula is C27H33N3O5. The largest absolute Gasteiger partial charge is 0.496 e. The van der Waals surface area contributed by atoms with Gasteiger partial charge in [0.2, 0.25) is 0 Å². The first-order chi connectivity index (χ1) is 16.9. The third kappa shape index (κ3) is 7.55. The predicted octanol–water partition coefficient (Wildman–Crippen LogP) is 4.48. The van der Waals surface area contributed by atoms with Crippen molar-refractivity contribution in [3.05, 3.63) is 59.3 Å². The molecule has 1 heterocycles. The van der Waals surface area contributed by atoms with Gasteiger partial charge in [-0.1, -0.05) is 32.4 Å². The first-order valence-electron chi connectivity index (χ1n) is 11.6. The van der Waals surface area contributed by atoms with Crippen molar-refractivity contribution in [1.82, 2.24) is 10.3 Å². The lowest BCUT2D eigenvalue weighted by molar-refractivity contribution is -0.191. The van der Waals surface area contributed by atoms with Gasteiger partial charge in [0.1, 0.15) is 18.1 Å². The number of unbranched alkanes of at least 4 members (excludes halogenated alkanes) is 1. The number of anilines is 1. The number of nitrogens with two attached hydrogens (primary N) is 1. The molecule has 3 aromatic rings. The van der Waals surface area contributed by atoms with Crippen LogP contribution in [0.1, 0.15) is 54.7 Å². The molecule has 35 heavy (non-hydrogen) atoms. The molecule has 0 bridgehead atoms. The summed E-state index contributed by atoms with van der Waals surface area (Å²) in [5.74, 6) is 1.28. The van der Waals surface area contributed by atoms with Gasteiger partial charge in [0, 0.05) is 16.9 Å². The Balaban J connectivity index is 0.00000137. The molecule has 186 valence electrons. The van der Waals surface area contributed by atoms with Gasteiger partial charge in [-0.3, -0.25) is 9.78 Å². The lowest BCUT2D eigenvalue weighted by Gasteiger charge is -2.19. The van der Waals surface area contributed by atoms with E-state index in [-0.39, 0.29) is 18.1 Å². The Kier molecular flexibility index (Phi) is 10.7. The number of aryl methyl sites for hydroxylation is 2. The Bertz CT molecular complexity index is 1170. The third-order valence-electron chi connectivity index (χ3n) is 5.57. The first kappa shape index (κ1) is 27.3. The summed E-state index contributed by atoms with van der Waals surface area (Å²) in [5.41, 5.74) is 10.2. The molecule has 1 aromatic heterocycles. The molecular weight excluding hydrogens is 446 g/mol. The molecule has 0 saturated heterocycles. The number of amides is 1. The maximum absolute atomic E-state index is 12.9. The zero-order chi connectivity index (χ0) is 25.8. The van der Waals surface area contributed by atoms with Crippen molar-refractivity contribution >= 4 is 28.6 Å². The minimum atomic E-state index is -0.150. The van der Waals surface area contributed by atoms with E-state index in [4.69, 9.17) is 24.8 Å². The summed E-state index contributed by atoms with van der Waals surface area (Å²) >= 11 is 0. The van der Waals surface area contributed by atoms with Crippen molar-refractivity contribution in [3.8, 4) is 11.5 Å². The number of rotatable bonds is 10. The van der Waals surface area contributed by atoms with Gasteiger partial charge in [-0.05, 0) is 62.1 Å². The van der Waals surface area contributed by atoms with Gasteiger partial charge >= 0.3 is 6.15 Å². The fraction of sp³-hybridized carbons (Fsp3) is 0.370. The Labute approximate surface area is 205 Å². The van der Waals surface area contributed by atoms with Crippen LogP contribution in [-0.2, 0) is 16.0 Å². The molecule has 0 aliphatic carbocycles. The van der Waals surface area contributed by atoms with E-state index < -0.39 is 0 Å². The predicted molar refractivity (Wildman–Crippen MR) is 135 cm³/mol. The number of nitrogens with zero attached hydrogens (tertiary/aromatic N) is 1. The molecule has 0 aliphatic heterocycles. The van der Waals surface area contributed by atoms with Crippen LogP contribution in [0.5, 0.6) is 11.5 Å². The second-order valence-electron chi connectivity index (χ2n) is 8.11. The summed E-state index contributed by atoms with van der Waals surface area (Å²) in [6, 6.07) is 13.0. The van der Waals surface area contributed by atoms with E-state index >= 15 is 0 Å². The number of pyridine rings is 1. The van der Waals surface area contributed by atoms with E-state index in [2.05, 4.69) is 17.2 Å². The van der Waals surface area contributed by atoms with Crippen LogP contribution >= 0.6 is 0 Å². The van der Waals surface area contributed by atoms with Gasteiger partial charge < -0.3 is 20.5 Å². The fourth-order valence-electron chi connectivity index (χ4n) is 3.72. The van der Waals surface area contributed by atoms with Crippen molar-refractivity contribution in [2.45, 2.75) is 52.5 Å². The molecule has 3 N–H and O–H groups in total. The van der Waals surface area contributed by atoms with E-state index in [1.807, 2.05) is 56.3 Å². The fourth-order valence-corrected chi connectivity index (χ4v) is 3.72. The van der Waals surface area contributed by atoms with Crippen LogP contribution in [-0.4, -0.2) is 36.8 Å². The summed E-state index contributed by atoms with van der Waals surface area (Å²) in [5, 5.41) is 3.87. The van der Waals surface area contributed by atoms with Gasteiger partial charge in [0.05, 0.1) is 24.1 Å². The van der Waals surface area contributed by atoms with Gasteiger partial charge in [-0.25, -0.2) is 0 Å². The highest BCUT2D eigenvalue weighted by molar-refractivity contribution is 5.96. The minimum absolute atomic E-state index is 0.143. The molecule has 0 spiro atoms.